The fraction of sp³-hybridized carbons (Fsp3) is 0.571. The smallest absolute Gasteiger partial charge is 0.156 e. The maximum Gasteiger partial charge on any atom is 0.156 e. The van der Waals surface area contributed by atoms with E-state index >= 15 is 0 Å². The summed E-state index contributed by atoms with van der Waals surface area (Å²) in [6.07, 6.45) is -1.01. The molecule has 0 spiro atoms. The van der Waals surface area contributed by atoms with E-state index in [1.807, 2.05) is 6.92 Å². The van der Waals surface area contributed by atoms with Crippen LogP contribution in [0.1, 0.15) is 18.9 Å². The van der Waals surface area contributed by atoms with Crippen LogP contribution in [0.4, 0.5) is 0 Å². The van der Waals surface area contributed by atoms with Crippen molar-refractivity contribution in [3.05, 3.63) is 23.8 Å². The Bertz CT molecular complexity index is 583. The normalized spacial score (nSPS) is 24.0. The Kier molecular flexibility index (Phi) is 5.08. The van der Waals surface area contributed by atoms with Crippen LogP contribution < -0.4 is 9.47 Å². The second-order valence-corrected chi connectivity index (χ2v) is 7.23. The molecule has 118 valence electrons. The predicted molar refractivity (Wildman–Crippen MR) is 77.2 cm³/mol. The van der Waals surface area contributed by atoms with Gasteiger partial charge in [-0.25, -0.2) is 8.42 Å². The fourth-order valence-corrected chi connectivity index (χ4v) is 3.82. The van der Waals surface area contributed by atoms with E-state index in [-0.39, 0.29) is 18.1 Å². The summed E-state index contributed by atoms with van der Waals surface area (Å²) in [5, 5.41) is 19.1. The van der Waals surface area contributed by atoms with Gasteiger partial charge in [0.25, 0.3) is 0 Å². The van der Waals surface area contributed by atoms with Gasteiger partial charge in [0.05, 0.1) is 24.7 Å². The molecular weight excluding hydrogens is 296 g/mol. The molecule has 0 aliphatic carbocycles. The Morgan fingerprint density at radius 3 is 2.67 bits per heavy atom. The number of ether oxygens (including phenoxy) is 2. The molecule has 1 aliphatic rings. The SMILES string of the molecule is CCCOc1ccc(CO)c(OC2CS(=O)(=O)CC2O)c1. The van der Waals surface area contributed by atoms with Crippen molar-refractivity contribution in [2.24, 2.45) is 0 Å². The van der Waals surface area contributed by atoms with Crippen LogP contribution in [0.25, 0.3) is 0 Å². The van der Waals surface area contributed by atoms with Gasteiger partial charge in [-0.15, -0.1) is 0 Å². The Labute approximate surface area is 124 Å². The van der Waals surface area contributed by atoms with E-state index in [4.69, 9.17) is 9.47 Å². The highest BCUT2D eigenvalue weighted by molar-refractivity contribution is 7.91. The minimum Gasteiger partial charge on any atom is -0.493 e. The van der Waals surface area contributed by atoms with Gasteiger partial charge in [-0.3, -0.25) is 0 Å². The van der Waals surface area contributed by atoms with E-state index in [0.29, 0.717) is 23.7 Å². The first-order valence-corrected chi connectivity index (χ1v) is 8.69. The number of sulfone groups is 1. The summed E-state index contributed by atoms with van der Waals surface area (Å²) in [5.41, 5.74) is 0.523. The first-order valence-electron chi connectivity index (χ1n) is 6.87. The molecule has 1 heterocycles. The minimum atomic E-state index is -3.28. The van der Waals surface area contributed by atoms with E-state index in [9.17, 15) is 18.6 Å². The van der Waals surface area contributed by atoms with Crippen molar-refractivity contribution in [3.63, 3.8) is 0 Å². The second kappa shape index (κ2) is 6.64. The third kappa shape index (κ3) is 4.09. The first kappa shape index (κ1) is 16.1. The summed E-state index contributed by atoms with van der Waals surface area (Å²) >= 11 is 0. The number of hydrogen-bond donors (Lipinski definition) is 2. The lowest BCUT2D eigenvalue weighted by Crippen LogP contribution is -2.30. The molecule has 1 aliphatic heterocycles. The highest BCUT2D eigenvalue weighted by Gasteiger charge is 2.38. The number of aliphatic hydroxyl groups is 2. The average molecular weight is 316 g/mol. The molecule has 2 atom stereocenters. The van der Waals surface area contributed by atoms with Gasteiger partial charge in [-0.1, -0.05) is 6.92 Å². The molecule has 1 aromatic rings. The predicted octanol–water partition coefficient (Wildman–Crippen LogP) is 0.504. The largest absolute Gasteiger partial charge is 0.493 e. The average Bonchev–Trinajstić information content (AvgIpc) is 2.69. The Morgan fingerprint density at radius 2 is 2.10 bits per heavy atom. The van der Waals surface area contributed by atoms with Crippen LogP contribution in [0, 0.1) is 0 Å². The molecule has 1 aromatic carbocycles. The van der Waals surface area contributed by atoms with E-state index < -0.39 is 22.0 Å². The van der Waals surface area contributed by atoms with Gasteiger partial charge in [-0.05, 0) is 18.6 Å². The number of rotatable bonds is 6. The van der Waals surface area contributed by atoms with E-state index in [1.54, 1.807) is 18.2 Å². The standard InChI is InChI=1S/C14H20O6S/c1-2-5-19-11-4-3-10(7-15)13(6-11)20-14-9-21(17,18)8-12(14)16/h3-4,6,12,14-16H,2,5,7-9H2,1H3. The molecule has 1 saturated heterocycles. The van der Waals surface area contributed by atoms with E-state index in [1.165, 1.54) is 0 Å². The number of hydrogen-bond acceptors (Lipinski definition) is 6. The molecule has 0 bridgehead atoms. The lowest BCUT2D eigenvalue weighted by molar-refractivity contribution is 0.0719. The summed E-state index contributed by atoms with van der Waals surface area (Å²) in [6.45, 7) is 2.30. The van der Waals surface area contributed by atoms with Crippen molar-refractivity contribution in [1.29, 1.82) is 0 Å². The molecule has 7 heteroatoms. The topological polar surface area (TPSA) is 93.1 Å². The van der Waals surface area contributed by atoms with Gasteiger partial charge in [0.2, 0.25) is 0 Å². The summed E-state index contributed by atoms with van der Waals surface area (Å²) in [4.78, 5) is 0. The summed E-state index contributed by atoms with van der Waals surface area (Å²) < 4.78 is 34.1. The molecule has 21 heavy (non-hydrogen) atoms. The molecule has 2 N–H and O–H groups in total. The van der Waals surface area contributed by atoms with Crippen molar-refractivity contribution >= 4 is 9.84 Å². The summed E-state index contributed by atoms with van der Waals surface area (Å²) in [6, 6.07) is 4.99. The zero-order chi connectivity index (χ0) is 15.5. The lowest BCUT2D eigenvalue weighted by Gasteiger charge is -2.18. The number of aliphatic hydroxyl groups excluding tert-OH is 2. The first-order chi connectivity index (χ1) is 9.95. The zero-order valence-corrected chi connectivity index (χ0v) is 12.7. The van der Waals surface area contributed by atoms with Crippen LogP contribution in [-0.4, -0.2) is 49.0 Å². The third-order valence-electron chi connectivity index (χ3n) is 3.23. The Hall–Kier alpha value is -1.31. The quantitative estimate of drug-likeness (QED) is 0.794. The Morgan fingerprint density at radius 1 is 1.33 bits per heavy atom. The van der Waals surface area contributed by atoms with Crippen molar-refractivity contribution in [3.8, 4) is 11.5 Å². The van der Waals surface area contributed by atoms with Crippen LogP contribution in [0.3, 0.4) is 0 Å². The van der Waals surface area contributed by atoms with Crippen LogP contribution in [0.2, 0.25) is 0 Å². The highest BCUT2D eigenvalue weighted by Crippen LogP contribution is 2.28. The van der Waals surface area contributed by atoms with Crippen molar-refractivity contribution in [1.82, 2.24) is 0 Å². The van der Waals surface area contributed by atoms with Crippen LogP contribution in [-0.2, 0) is 16.4 Å². The number of benzene rings is 1. The zero-order valence-electron chi connectivity index (χ0n) is 11.9. The highest BCUT2D eigenvalue weighted by atomic mass is 32.2. The molecule has 1 fully saturated rings. The molecule has 0 amide bonds. The molecular formula is C14H20O6S. The maximum absolute atomic E-state index is 11.5. The lowest BCUT2D eigenvalue weighted by atomic mass is 10.2. The van der Waals surface area contributed by atoms with Crippen LogP contribution in [0.5, 0.6) is 11.5 Å². The van der Waals surface area contributed by atoms with E-state index in [0.717, 1.165) is 6.42 Å². The molecule has 0 saturated carbocycles. The summed E-state index contributed by atoms with van der Waals surface area (Å²) in [7, 11) is -3.28. The van der Waals surface area contributed by atoms with Gasteiger partial charge in [0.15, 0.2) is 9.84 Å². The van der Waals surface area contributed by atoms with Gasteiger partial charge >= 0.3 is 0 Å². The second-order valence-electron chi connectivity index (χ2n) is 5.08. The van der Waals surface area contributed by atoms with E-state index in [2.05, 4.69) is 0 Å². The van der Waals surface area contributed by atoms with Crippen molar-refractivity contribution in [2.45, 2.75) is 32.2 Å². The van der Waals surface area contributed by atoms with Gasteiger partial charge < -0.3 is 19.7 Å². The third-order valence-corrected chi connectivity index (χ3v) is 4.92. The van der Waals surface area contributed by atoms with Crippen molar-refractivity contribution in [2.75, 3.05) is 18.1 Å². The van der Waals surface area contributed by atoms with Crippen molar-refractivity contribution < 1.29 is 28.1 Å². The molecule has 0 aromatic heterocycles. The molecule has 2 unspecified atom stereocenters. The van der Waals surface area contributed by atoms with Crippen LogP contribution in [0.15, 0.2) is 18.2 Å². The van der Waals surface area contributed by atoms with Gasteiger partial charge in [0.1, 0.15) is 23.7 Å². The van der Waals surface area contributed by atoms with Gasteiger partial charge in [-0.2, -0.15) is 0 Å². The Balaban J connectivity index is 2.17. The minimum absolute atomic E-state index is 0.223. The van der Waals surface area contributed by atoms with Gasteiger partial charge in [0, 0.05) is 11.6 Å². The maximum atomic E-state index is 11.5. The fourth-order valence-electron chi connectivity index (χ4n) is 2.16. The molecule has 2 rings (SSSR count). The molecule has 6 nitrogen and oxygen atoms in total. The monoisotopic (exact) mass is 316 g/mol. The molecule has 0 radical (unpaired) electrons. The summed E-state index contributed by atoms with van der Waals surface area (Å²) in [5.74, 6) is 0.406. The van der Waals surface area contributed by atoms with Crippen LogP contribution >= 0.6 is 0 Å².